The summed E-state index contributed by atoms with van der Waals surface area (Å²) in [6, 6.07) is 19.6. The van der Waals surface area contributed by atoms with E-state index in [1.165, 1.54) is 16.7 Å². The highest BCUT2D eigenvalue weighted by atomic mass is 35.5. The van der Waals surface area contributed by atoms with Gasteiger partial charge in [0.25, 0.3) is 0 Å². The van der Waals surface area contributed by atoms with E-state index in [0.717, 1.165) is 11.3 Å². The molecule has 0 radical (unpaired) electrons. The number of ether oxygens (including phenoxy) is 2. The third kappa shape index (κ3) is 6.00. The Morgan fingerprint density at radius 2 is 1.83 bits per heavy atom. The SMILES string of the molecule is CCOc1cc(C=NNc2cccc(Cl)c2)ccc1OCc1cc(C)ccc1C. The molecular weight excluding hydrogens is 384 g/mol. The molecule has 0 aliphatic rings. The average molecular weight is 409 g/mol. The summed E-state index contributed by atoms with van der Waals surface area (Å²) in [6.07, 6.45) is 1.73. The van der Waals surface area contributed by atoms with Crippen molar-refractivity contribution in [3.05, 3.63) is 87.9 Å². The molecule has 5 heteroatoms. The van der Waals surface area contributed by atoms with Gasteiger partial charge < -0.3 is 9.47 Å². The number of anilines is 1. The van der Waals surface area contributed by atoms with E-state index in [9.17, 15) is 0 Å². The van der Waals surface area contributed by atoms with Crippen molar-refractivity contribution in [2.45, 2.75) is 27.4 Å². The van der Waals surface area contributed by atoms with Gasteiger partial charge in [0.15, 0.2) is 11.5 Å². The Hall–Kier alpha value is -2.98. The monoisotopic (exact) mass is 408 g/mol. The molecule has 0 saturated carbocycles. The van der Waals surface area contributed by atoms with Gasteiger partial charge in [0.2, 0.25) is 0 Å². The number of hydrazone groups is 1. The van der Waals surface area contributed by atoms with E-state index in [4.69, 9.17) is 21.1 Å². The van der Waals surface area contributed by atoms with Crippen molar-refractivity contribution in [2.75, 3.05) is 12.0 Å². The summed E-state index contributed by atoms with van der Waals surface area (Å²) in [5.74, 6) is 1.41. The first-order chi connectivity index (χ1) is 14.0. The van der Waals surface area contributed by atoms with Crippen LogP contribution in [0.2, 0.25) is 5.02 Å². The van der Waals surface area contributed by atoms with Crippen LogP contribution in [0.1, 0.15) is 29.2 Å². The van der Waals surface area contributed by atoms with Gasteiger partial charge in [-0.15, -0.1) is 0 Å². The molecule has 29 heavy (non-hydrogen) atoms. The van der Waals surface area contributed by atoms with E-state index in [-0.39, 0.29) is 0 Å². The quantitative estimate of drug-likeness (QED) is 0.347. The van der Waals surface area contributed by atoms with Gasteiger partial charge in [0, 0.05) is 5.02 Å². The normalized spacial score (nSPS) is 10.9. The Balaban J connectivity index is 1.70. The zero-order chi connectivity index (χ0) is 20.6. The molecule has 0 aliphatic carbocycles. The topological polar surface area (TPSA) is 42.8 Å². The molecule has 0 amide bonds. The van der Waals surface area contributed by atoms with Gasteiger partial charge >= 0.3 is 0 Å². The van der Waals surface area contributed by atoms with Crippen molar-refractivity contribution < 1.29 is 9.47 Å². The first kappa shape index (κ1) is 20.7. The number of nitrogens with zero attached hydrogens (tertiary/aromatic N) is 1. The number of rotatable bonds is 8. The maximum Gasteiger partial charge on any atom is 0.161 e. The Kier molecular flexibility index (Phi) is 7.14. The predicted molar refractivity (Wildman–Crippen MR) is 121 cm³/mol. The average Bonchev–Trinajstić information content (AvgIpc) is 2.70. The lowest BCUT2D eigenvalue weighted by atomic mass is 10.1. The standard InChI is InChI=1S/C24H25ClN2O2/c1-4-28-24-13-19(15-26-27-22-7-5-6-21(25)14-22)10-11-23(24)29-16-20-12-17(2)8-9-18(20)3/h5-15,27H,4,16H2,1-3H3. The highest BCUT2D eigenvalue weighted by Gasteiger charge is 2.08. The summed E-state index contributed by atoms with van der Waals surface area (Å²) in [6.45, 7) is 7.18. The number of nitrogens with one attached hydrogen (secondary N) is 1. The van der Waals surface area contributed by atoms with Gasteiger partial charge in [0.05, 0.1) is 18.5 Å². The molecule has 0 heterocycles. The van der Waals surface area contributed by atoms with Crippen molar-refractivity contribution in [3.63, 3.8) is 0 Å². The molecule has 3 aromatic carbocycles. The number of hydrogen-bond donors (Lipinski definition) is 1. The molecule has 0 bridgehead atoms. The lowest BCUT2D eigenvalue weighted by molar-refractivity contribution is 0.269. The lowest BCUT2D eigenvalue weighted by Crippen LogP contribution is -2.02. The van der Waals surface area contributed by atoms with Crippen LogP contribution in [0.25, 0.3) is 0 Å². The molecule has 150 valence electrons. The molecule has 0 aliphatic heterocycles. The van der Waals surface area contributed by atoms with Crippen molar-refractivity contribution in [2.24, 2.45) is 5.10 Å². The van der Waals surface area contributed by atoms with Crippen LogP contribution in [0.3, 0.4) is 0 Å². The van der Waals surface area contributed by atoms with Gasteiger partial charge in [-0.05, 0) is 73.9 Å². The fourth-order valence-electron chi connectivity index (χ4n) is 2.84. The molecule has 0 spiro atoms. The minimum Gasteiger partial charge on any atom is -0.490 e. The summed E-state index contributed by atoms with van der Waals surface area (Å²) >= 11 is 5.98. The van der Waals surface area contributed by atoms with Gasteiger partial charge in [-0.2, -0.15) is 5.10 Å². The molecule has 0 fully saturated rings. The van der Waals surface area contributed by atoms with E-state index < -0.39 is 0 Å². The highest BCUT2D eigenvalue weighted by Crippen LogP contribution is 2.29. The van der Waals surface area contributed by atoms with Crippen LogP contribution in [0, 0.1) is 13.8 Å². The second-order valence-electron chi connectivity index (χ2n) is 6.74. The summed E-state index contributed by atoms with van der Waals surface area (Å²) in [7, 11) is 0. The summed E-state index contributed by atoms with van der Waals surface area (Å²) in [5.41, 5.74) is 8.30. The maximum atomic E-state index is 6.05. The van der Waals surface area contributed by atoms with Crippen LogP contribution in [-0.2, 0) is 6.61 Å². The molecule has 4 nitrogen and oxygen atoms in total. The number of halogens is 1. The molecule has 3 rings (SSSR count). The maximum absolute atomic E-state index is 6.05. The second kappa shape index (κ2) is 9.99. The van der Waals surface area contributed by atoms with Crippen LogP contribution in [0.15, 0.2) is 65.8 Å². The van der Waals surface area contributed by atoms with Gasteiger partial charge in [-0.25, -0.2) is 0 Å². The van der Waals surface area contributed by atoms with Crippen LogP contribution in [-0.4, -0.2) is 12.8 Å². The van der Waals surface area contributed by atoms with E-state index >= 15 is 0 Å². The minimum atomic E-state index is 0.497. The Bertz CT molecular complexity index is 1000. The van der Waals surface area contributed by atoms with Crippen molar-refractivity contribution in [1.29, 1.82) is 0 Å². The third-order valence-corrected chi connectivity index (χ3v) is 4.62. The number of aryl methyl sites for hydroxylation is 2. The fraction of sp³-hybridized carbons (Fsp3) is 0.208. The smallest absolute Gasteiger partial charge is 0.161 e. The first-order valence-electron chi connectivity index (χ1n) is 9.55. The fourth-order valence-corrected chi connectivity index (χ4v) is 3.03. The van der Waals surface area contributed by atoms with E-state index in [2.05, 4.69) is 42.6 Å². The van der Waals surface area contributed by atoms with Crippen molar-refractivity contribution in [3.8, 4) is 11.5 Å². The molecule has 0 unspecified atom stereocenters. The lowest BCUT2D eigenvalue weighted by Gasteiger charge is -2.14. The van der Waals surface area contributed by atoms with E-state index in [0.29, 0.717) is 29.7 Å². The predicted octanol–water partition coefficient (Wildman–Crippen LogP) is 6.38. The molecule has 0 saturated heterocycles. The zero-order valence-electron chi connectivity index (χ0n) is 16.9. The Morgan fingerprint density at radius 1 is 0.966 bits per heavy atom. The third-order valence-electron chi connectivity index (χ3n) is 4.39. The van der Waals surface area contributed by atoms with Crippen molar-refractivity contribution in [1.82, 2.24) is 0 Å². The second-order valence-corrected chi connectivity index (χ2v) is 7.17. The van der Waals surface area contributed by atoms with Gasteiger partial charge in [-0.3, -0.25) is 5.43 Å². The zero-order valence-corrected chi connectivity index (χ0v) is 17.7. The van der Waals surface area contributed by atoms with Gasteiger partial charge in [0.1, 0.15) is 6.61 Å². The minimum absolute atomic E-state index is 0.497. The summed E-state index contributed by atoms with van der Waals surface area (Å²) < 4.78 is 11.8. The van der Waals surface area contributed by atoms with E-state index in [1.807, 2.05) is 49.4 Å². The number of hydrogen-bond acceptors (Lipinski definition) is 4. The van der Waals surface area contributed by atoms with Crippen LogP contribution in [0.4, 0.5) is 5.69 Å². The highest BCUT2D eigenvalue weighted by molar-refractivity contribution is 6.30. The summed E-state index contributed by atoms with van der Waals surface area (Å²) in [5, 5.41) is 4.93. The van der Waals surface area contributed by atoms with E-state index in [1.54, 1.807) is 6.21 Å². The van der Waals surface area contributed by atoms with Crippen LogP contribution < -0.4 is 14.9 Å². The van der Waals surface area contributed by atoms with Crippen LogP contribution in [0.5, 0.6) is 11.5 Å². The molecule has 0 aromatic heterocycles. The van der Waals surface area contributed by atoms with Gasteiger partial charge in [-0.1, -0.05) is 41.4 Å². The Labute approximate surface area is 177 Å². The number of benzene rings is 3. The summed E-state index contributed by atoms with van der Waals surface area (Å²) in [4.78, 5) is 0. The molecule has 3 aromatic rings. The molecule has 1 N–H and O–H groups in total. The Morgan fingerprint density at radius 3 is 2.62 bits per heavy atom. The first-order valence-corrected chi connectivity index (χ1v) is 9.93. The van der Waals surface area contributed by atoms with Crippen LogP contribution >= 0.6 is 11.6 Å². The molecule has 0 atom stereocenters. The van der Waals surface area contributed by atoms with Crippen molar-refractivity contribution >= 4 is 23.5 Å². The largest absolute Gasteiger partial charge is 0.490 e. The molecular formula is C24H25ClN2O2.